The summed E-state index contributed by atoms with van der Waals surface area (Å²) in [6.45, 7) is 3.93. The number of anilines is 1. The molecule has 82 valence electrons. The summed E-state index contributed by atoms with van der Waals surface area (Å²) in [7, 11) is 0. The number of hydrogen-bond acceptors (Lipinski definition) is 3. The molecule has 0 bridgehead atoms. The molecule has 0 radical (unpaired) electrons. The van der Waals surface area contributed by atoms with Crippen molar-refractivity contribution in [2.45, 2.75) is 30.4 Å². The van der Waals surface area contributed by atoms with Gasteiger partial charge in [0, 0.05) is 10.6 Å². The van der Waals surface area contributed by atoms with E-state index >= 15 is 0 Å². The van der Waals surface area contributed by atoms with Crippen molar-refractivity contribution in [1.82, 2.24) is 0 Å². The number of carbonyl (C=O) groups is 1. The smallest absolute Gasteiger partial charge is 0.230 e. The Morgan fingerprint density at radius 3 is 2.73 bits per heavy atom. The Morgan fingerprint density at radius 2 is 2.20 bits per heavy atom. The van der Waals surface area contributed by atoms with E-state index in [0.717, 1.165) is 10.5 Å². The van der Waals surface area contributed by atoms with Gasteiger partial charge in [0.05, 0.1) is 5.25 Å². The van der Waals surface area contributed by atoms with Crippen LogP contribution in [-0.2, 0) is 4.79 Å². The van der Waals surface area contributed by atoms with Crippen molar-refractivity contribution in [3.8, 4) is 0 Å². The maximum Gasteiger partial charge on any atom is 0.230 e. The number of rotatable bonds is 4. The molecule has 0 aliphatic heterocycles. The van der Waals surface area contributed by atoms with Crippen LogP contribution in [0.4, 0.5) is 5.69 Å². The molecular weight excluding hydrogens is 208 g/mol. The predicted molar refractivity (Wildman–Crippen MR) is 64.7 cm³/mol. The van der Waals surface area contributed by atoms with Gasteiger partial charge in [0.2, 0.25) is 5.91 Å². The number of hydrogen-bond donors (Lipinski definition) is 2. The van der Waals surface area contributed by atoms with E-state index in [9.17, 15) is 4.79 Å². The van der Waals surface area contributed by atoms with E-state index in [0.29, 0.717) is 12.1 Å². The summed E-state index contributed by atoms with van der Waals surface area (Å²) in [5.74, 6) is -0.289. The average Bonchev–Trinajstić information content (AvgIpc) is 2.18. The third-order valence-electron chi connectivity index (χ3n) is 2.13. The summed E-state index contributed by atoms with van der Waals surface area (Å²) < 4.78 is 0. The first kappa shape index (κ1) is 11.9. The topological polar surface area (TPSA) is 69.1 Å². The van der Waals surface area contributed by atoms with Crippen molar-refractivity contribution in [3.63, 3.8) is 0 Å². The second-order valence-electron chi connectivity index (χ2n) is 3.46. The summed E-state index contributed by atoms with van der Waals surface area (Å²) in [4.78, 5) is 12.0. The van der Waals surface area contributed by atoms with Gasteiger partial charge in [-0.05, 0) is 31.0 Å². The van der Waals surface area contributed by atoms with Gasteiger partial charge >= 0.3 is 0 Å². The van der Waals surface area contributed by atoms with Crippen LogP contribution in [0.5, 0.6) is 0 Å². The van der Waals surface area contributed by atoms with Crippen molar-refractivity contribution >= 4 is 23.4 Å². The molecule has 0 heterocycles. The van der Waals surface area contributed by atoms with Gasteiger partial charge in [-0.2, -0.15) is 0 Å². The molecule has 1 aromatic rings. The third-order valence-corrected chi connectivity index (χ3v) is 3.58. The van der Waals surface area contributed by atoms with Gasteiger partial charge in [0.1, 0.15) is 0 Å². The van der Waals surface area contributed by atoms with Crippen LogP contribution in [0.15, 0.2) is 23.1 Å². The quantitative estimate of drug-likeness (QED) is 0.606. The maximum absolute atomic E-state index is 11.1. The lowest BCUT2D eigenvalue weighted by Crippen LogP contribution is -2.24. The highest BCUT2D eigenvalue weighted by Gasteiger charge is 2.15. The van der Waals surface area contributed by atoms with Gasteiger partial charge in [-0.15, -0.1) is 11.8 Å². The highest BCUT2D eigenvalue weighted by Crippen LogP contribution is 2.30. The van der Waals surface area contributed by atoms with Crippen LogP contribution in [0, 0.1) is 6.92 Å². The lowest BCUT2D eigenvalue weighted by Gasteiger charge is -2.12. The van der Waals surface area contributed by atoms with Crippen LogP contribution in [0.25, 0.3) is 0 Å². The molecule has 1 aromatic carbocycles. The molecule has 1 atom stereocenters. The van der Waals surface area contributed by atoms with E-state index in [1.165, 1.54) is 11.8 Å². The minimum absolute atomic E-state index is 0.200. The first-order valence-corrected chi connectivity index (χ1v) is 5.74. The highest BCUT2D eigenvalue weighted by molar-refractivity contribution is 8.00. The van der Waals surface area contributed by atoms with Crippen LogP contribution in [0.3, 0.4) is 0 Å². The Hall–Kier alpha value is -1.16. The molecule has 0 spiro atoms. The zero-order valence-corrected chi connectivity index (χ0v) is 9.80. The van der Waals surface area contributed by atoms with Gasteiger partial charge < -0.3 is 11.5 Å². The molecule has 1 unspecified atom stereocenters. The Kier molecular flexibility index (Phi) is 4.03. The standard InChI is InChI=1S/C11H16N2OS/c1-3-9(11(13)14)15-10-6-7(2)4-5-8(10)12/h4-6,9H,3,12H2,1-2H3,(H2,13,14). The molecular formula is C11H16N2OS. The van der Waals surface area contributed by atoms with E-state index < -0.39 is 0 Å². The van der Waals surface area contributed by atoms with E-state index in [4.69, 9.17) is 11.5 Å². The van der Waals surface area contributed by atoms with Gasteiger partial charge in [-0.3, -0.25) is 4.79 Å². The summed E-state index contributed by atoms with van der Waals surface area (Å²) in [5, 5.41) is -0.200. The first-order chi connectivity index (χ1) is 7.04. The van der Waals surface area contributed by atoms with Crippen LogP contribution in [0.1, 0.15) is 18.9 Å². The first-order valence-electron chi connectivity index (χ1n) is 4.86. The minimum Gasteiger partial charge on any atom is -0.398 e. The number of nitrogen functional groups attached to an aromatic ring is 1. The van der Waals surface area contributed by atoms with Crippen molar-refractivity contribution in [2.24, 2.45) is 5.73 Å². The molecule has 0 saturated carbocycles. The largest absolute Gasteiger partial charge is 0.398 e. The second kappa shape index (κ2) is 5.07. The SMILES string of the molecule is CCC(Sc1cc(C)ccc1N)C(N)=O. The Labute approximate surface area is 94.2 Å². The number of amides is 1. The Morgan fingerprint density at radius 1 is 1.53 bits per heavy atom. The number of benzene rings is 1. The van der Waals surface area contributed by atoms with E-state index in [-0.39, 0.29) is 11.2 Å². The molecule has 4 N–H and O–H groups in total. The molecule has 4 heteroatoms. The summed E-state index contributed by atoms with van der Waals surface area (Å²) in [6.07, 6.45) is 0.716. The fraction of sp³-hybridized carbons (Fsp3) is 0.364. The van der Waals surface area contributed by atoms with Crippen molar-refractivity contribution < 1.29 is 4.79 Å². The third kappa shape index (κ3) is 3.16. The van der Waals surface area contributed by atoms with Crippen molar-refractivity contribution in [2.75, 3.05) is 5.73 Å². The molecule has 1 rings (SSSR count). The number of aryl methyl sites for hydroxylation is 1. The maximum atomic E-state index is 11.1. The number of nitrogens with two attached hydrogens (primary N) is 2. The minimum atomic E-state index is -0.289. The fourth-order valence-corrected chi connectivity index (χ4v) is 2.29. The fourth-order valence-electron chi connectivity index (χ4n) is 1.24. The van der Waals surface area contributed by atoms with Gasteiger partial charge in [0.15, 0.2) is 0 Å². The normalized spacial score (nSPS) is 12.4. The van der Waals surface area contributed by atoms with Crippen molar-refractivity contribution in [3.05, 3.63) is 23.8 Å². The summed E-state index contributed by atoms with van der Waals surface area (Å²) >= 11 is 1.44. The zero-order valence-electron chi connectivity index (χ0n) is 8.99. The predicted octanol–water partition coefficient (Wildman–Crippen LogP) is 1.93. The van der Waals surface area contributed by atoms with Gasteiger partial charge in [0.25, 0.3) is 0 Å². The van der Waals surface area contributed by atoms with E-state index in [2.05, 4.69) is 0 Å². The van der Waals surface area contributed by atoms with Crippen LogP contribution >= 0.6 is 11.8 Å². The summed E-state index contributed by atoms with van der Waals surface area (Å²) in [5.41, 5.74) is 12.9. The van der Waals surface area contributed by atoms with Gasteiger partial charge in [-0.1, -0.05) is 13.0 Å². The van der Waals surface area contributed by atoms with E-state index in [1.54, 1.807) is 0 Å². The monoisotopic (exact) mass is 224 g/mol. The average molecular weight is 224 g/mol. The molecule has 0 saturated heterocycles. The molecule has 1 amide bonds. The lowest BCUT2D eigenvalue weighted by molar-refractivity contribution is -0.117. The number of carbonyl (C=O) groups excluding carboxylic acids is 1. The highest BCUT2D eigenvalue weighted by atomic mass is 32.2. The molecule has 15 heavy (non-hydrogen) atoms. The van der Waals surface area contributed by atoms with Gasteiger partial charge in [-0.25, -0.2) is 0 Å². The zero-order chi connectivity index (χ0) is 11.4. The summed E-state index contributed by atoms with van der Waals surface area (Å²) in [6, 6.07) is 5.78. The van der Waals surface area contributed by atoms with Crippen LogP contribution < -0.4 is 11.5 Å². The Balaban J connectivity index is 2.87. The number of thioether (sulfide) groups is 1. The molecule has 0 aromatic heterocycles. The second-order valence-corrected chi connectivity index (χ2v) is 4.70. The lowest BCUT2D eigenvalue weighted by atomic mass is 10.2. The molecule has 0 aliphatic carbocycles. The Bertz CT molecular complexity index is 366. The molecule has 0 fully saturated rings. The molecule has 3 nitrogen and oxygen atoms in total. The van der Waals surface area contributed by atoms with E-state index in [1.807, 2.05) is 32.0 Å². The van der Waals surface area contributed by atoms with Crippen LogP contribution in [-0.4, -0.2) is 11.2 Å². The number of primary amides is 1. The van der Waals surface area contributed by atoms with Crippen molar-refractivity contribution in [1.29, 1.82) is 0 Å². The molecule has 0 aliphatic rings. The van der Waals surface area contributed by atoms with Crippen LogP contribution in [0.2, 0.25) is 0 Å².